The van der Waals surface area contributed by atoms with Crippen molar-refractivity contribution < 1.29 is 14.3 Å². The molecule has 0 aliphatic heterocycles. The zero-order valence-electron chi connectivity index (χ0n) is 16.9. The van der Waals surface area contributed by atoms with Crippen molar-refractivity contribution in [3.05, 3.63) is 0 Å². The molecular formula is C21H36N2O3. The molecule has 0 aromatic rings. The zero-order valence-corrected chi connectivity index (χ0v) is 16.9. The lowest BCUT2D eigenvalue weighted by Crippen LogP contribution is -2.38. The second-order valence-electron chi connectivity index (χ2n) is 9.40. The molecule has 0 bridgehead atoms. The van der Waals surface area contributed by atoms with Gasteiger partial charge in [0.2, 0.25) is 0 Å². The summed E-state index contributed by atoms with van der Waals surface area (Å²) in [7, 11) is 0. The van der Waals surface area contributed by atoms with Gasteiger partial charge in [-0.05, 0) is 37.1 Å². The number of hydrogen-bond acceptors (Lipinski definition) is 4. The van der Waals surface area contributed by atoms with Crippen molar-refractivity contribution in [1.29, 1.82) is 0 Å². The SMILES string of the molecule is CC(C)(CN)COCC(C)(C)CNC(=O)OC[C@@H]1[C@@H]2CCC#CCC[C@@H]21. The minimum Gasteiger partial charge on any atom is -0.449 e. The second-order valence-corrected chi connectivity index (χ2v) is 9.40. The number of carbonyl (C=O) groups excluding carboxylic acids is 1. The summed E-state index contributed by atoms with van der Waals surface area (Å²) >= 11 is 0. The van der Waals surface area contributed by atoms with Gasteiger partial charge < -0.3 is 20.5 Å². The molecule has 0 spiro atoms. The number of ether oxygens (including phenoxy) is 2. The molecule has 2 aliphatic rings. The van der Waals surface area contributed by atoms with Gasteiger partial charge in [-0.25, -0.2) is 4.79 Å². The summed E-state index contributed by atoms with van der Waals surface area (Å²) < 4.78 is 11.3. The van der Waals surface area contributed by atoms with Crippen LogP contribution in [0, 0.1) is 40.4 Å². The van der Waals surface area contributed by atoms with Crippen LogP contribution < -0.4 is 11.1 Å². The molecule has 3 N–H and O–H groups in total. The van der Waals surface area contributed by atoms with E-state index in [-0.39, 0.29) is 16.9 Å². The molecule has 1 saturated carbocycles. The van der Waals surface area contributed by atoms with Gasteiger partial charge in [-0.15, -0.1) is 11.8 Å². The van der Waals surface area contributed by atoms with Crippen LogP contribution in [0.1, 0.15) is 53.4 Å². The van der Waals surface area contributed by atoms with E-state index in [2.05, 4.69) is 44.9 Å². The maximum atomic E-state index is 12.0. The first-order valence-corrected chi connectivity index (χ1v) is 9.88. The molecule has 0 saturated heterocycles. The van der Waals surface area contributed by atoms with Crippen LogP contribution in [0.3, 0.4) is 0 Å². The minimum absolute atomic E-state index is 0.0215. The molecule has 0 heterocycles. The Labute approximate surface area is 158 Å². The van der Waals surface area contributed by atoms with Crippen molar-refractivity contribution in [2.24, 2.45) is 34.3 Å². The predicted molar refractivity (Wildman–Crippen MR) is 104 cm³/mol. The highest BCUT2D eigenvalue weighted by Gasteiger charge is 2.49. The molecule has 1 amide bonds. The normalized spacial score (nSPS) is 25.2. The third kappa shape index (κ3) is 6.81. The zero-order chi connectivity index (χ0) is 19.2. The number of carbonyl (C=O) groups is 1. The van der Waals surface area contributed by atoms with Crippen LogP contribution in [0.25, 0.3) is 0 Å². The van der Waals surface area contributed by atoms with Gasteiger partial charge in [0.1, 0.15) is 0 Å². The Hall–Kier alpha value is -1.25. The molecule has 1 fully saturated rings. The standard InChI is InChI=1S/C21H36N2O3/c1-20(2,12-22)14-25-15-21(3,4)13-23-19(24)26-11-18-16-9-7-5-6-8-10-17(16)18/h16-18H,7-15,22H2,1-4H3,(H,23,24)/t16-,17+,18-. The summed E-state index contributed by atoms with van der Waals surface area (Å²) in [5.74, 6) is 8.34. The van der Waals surface area contributed by atoms with E-state index in [0.717, 1.165) is 25.7 Å². The Kier molecular flexibility index (Phi) is 7.37. The number of alkyl carbamates (subject to hydrolysis) is 1. The van der Waals surface area contributed by atoms with Gasteiger partial charge in [-0.2, -0.15) is 0 Å². The molecule has 0 aromatic heterocycles. The average molecular weight is 365 g/mol. The molecule has 0 aromatic carbocycles. The summed E-state index contributed by atoms with van der Waals surface area (Å²) in [6.45, 7) is 11.2. The first-order chi connectivity index (χ1) is 12.2. The largest absolute Gasteiger partial charge is 0.449 e. The molecule has 3 atom stereocenters. The third-order valence-electron chi connectivity index (χ3n) is 5.50. The maximum Gasteiger partial charge on any atom is 0.407 e. The van der Waals surface area contributed by atoms with E-state index in [1.165, 1.54) is 0 Å². The summed E-state index contributed by atoms with van der Waals surface area (Å²) in [6, 6.07) is 0. The van der Waals surface area contributed by atoms with Gasteiger partial charge in [0, 0.05) is 30.2 Å². The molecule has 0 unspecified atom stereocenters. The number of amides is 1. The minimum atomic E-state index is -0.323. The van der Waals surface area contributed by atoms with Crippen molar-refractivity contribution in [1.82, 2.24) is 5.32 Å². The smallest absolute Gasteiger partial charge is 0.407 e. The number of hydrogen-bond donors (Lipinski definition) is 2. The highest BCUT2D eigenvalue weighted by atomic mass is 16.5. The van der Waals surface area contributed by atoms with Gasteiger partial charge >= 0.3 is 6.09 Å². The van der Waals surface area contributed by atoms with E-state index in [0.29, 0.717) is 50.7 Å². The molecule has 5 nitrogen and oxygen atoms in total. The maximum absolute atomic E-state index is 12.0. The Bertz CT molecular complexity index is 515. The quantitative estimate of drug-likeness (QED) is 0.616. The van der Waals surface area contributed by atoms with E-state index in [1.807, 2.05) is 0 Å². The number of nitrogens with one attached hydrogen (secondary N) is 1. The third-order valence-corrected chi connectivity index (χ3v) is 5.50. The summed E-state index contributed by atoms with van der Waals surface area (Å²) in [4.78, 5) is 12.0. The van der Waals surface area contributed by atoms with Gasteiger partial charge in [0.25, 0.3) is 0 Å². The van der Waals surface area contributed by atoms with Crippen molar-refractivity contribution >= 4 is 6.09 Å². The molecule has 5 heteroatoms. The van der Waals surface area contributed by atoms with E-state index in [4.69, 9.17) is 15.2 Å². The van der Waals surface area contributed by atoms with Crippen molar-refractivity contribution in [3.63, 3.8) is 0 Å². The van der Waals surface area contributed by atoms with Crippen LogP contribution in [0.4, 0.5) is 4.79 Å². The van der Waals surface area contributed by atoms with Crippen LogP contribution >= 0.6 is 0 Å². The van der Waals surface area contributed by atoms with Crippen molar-refractivity contribution in [2.45, 2.75) is 53.4 Å². The topological polar surface area (TPSA) is 73.6 Å². The lowest BCUT2D eigenvalue weighted by molar-refractivity contribution is 0.0179. The fourth-order valence-electron chi connectivity index (χ4n) is 3.53. The first-order valence-electron chi connectivity index (χ1n) is 9.88. The summed E-state index contributed by atoms with van der Waals surface area (Å²) in [5, 5.41) is 2.88. The van der Waals surface area contributed by atoms with Crippen LogP contribution in [0.5, 0.6) is 0 Å². The highest BCUT2D eigenvalue weighted by molar-refractivity contribution is 5.67. The Morgan fingerprint density at radius 2 is 1.65 bits per heavy atom. The molecule has 148 valence electrons. The van der Waals surface area contributed by atoms with E-state index in [1.54, 1.807) is 0 Å². The lowest BCUT2D eigenvalue weighted by atomic mass is 9.93. The monoisotopic (exact) mass is 364 g/mol. The molecular weight excluding hydrogens is 328 g/mol. The van der Waals surface area contributed by atoms with Gasteiger partial charge in [0.15, 0.2) is 0 Å². The molecule has 0 radical (unpaired) electrons. The van der Waals surface area contributed by atoms with Crippen molar-refractivity contribution in [2.75, 3.05) is 32.9 Å². The van der Waals surface area contributed by atoms with Crippen molar-refractivity contribution in [3.8, 4) is 11.8 Å². The first kappa shape index (κ1) is 21.1. The Morgan fingerprint density at radius 3 is 2.23 bits per heavy atom. The Morgan fingerprint density at radius 1 is 1.08 bits per heavy atom. The molecule has 2 aliphatic carbocycles. The van der Waals surface area contributed by atoms with Gasteiger partial charge in [0.05, 0.1) is 19.8 Å². The van der Waals surface area contributed by atoms with Gasteiger partial charge in [-0.1, -0.05) is 27.7 Å². The fourth-order valence-corrected chi connectivity index (χ4v) is 3.53. The second kappa shape index (κ2) is 9.10. The van der Waals surface area contributed by atoms with Crippen LogP contribution in [0.2, 0.25) is 0 Å². The fraction of sp³-hybridized carbons (Fsp3) is 0.857. The molecule has 26 heavy (non-hydrogen) atoms. The van der Waals surface area contributed by atoms with Crippen LogP contribution in [0.15, 0.2) is 0 Å². The summed E-state index contributed by atoms with van der Waals surface area (Å²) in [5.41, 5.74) is 5.55. The number of fused-ring (bicyclic) bond motifs is 1. The highest BCUT2D eigenvalue weighted by Crippen LogP contribution is 2.52. The van der Waals surface area contributed by atoms with Crippen LogP contribution in [-0.4, -0.2) is 39.0 Å². The van der Waals surface area contributed by atoms with Crippen LogP contribution in [-0.2, 0) is 9.47 Å². The van der Waals surface area contributed by atoms with E-state index >= 15 is 0 Å². The predicted octanol–water partition coefficient (Wildman–Crippen LogP) is 3.18. The average Bonchev–Trinajstić information content (AvgIpc) is 3.20. The summed E-state index contributed by atoms with van der Waals surface area (Å²) in [6.07, 6.45) is 3.95. The number of nitrogens with two attached hydrogens (primary N) is 1. The molecule has 2 rings (SSSR count). The van der Waals surface area contributed by atoms with Gasteiger partial charge in [-0.3, -0.25) is 0 Å². The lowest BCUT2D eigenvalue weighted by Gasteiger charge is -2.28. The Balaban J connectivity index is 1.61. The van der Waals surface area contributed by atoms with E-state index < -0.39 is 0 Å². The van der Waals surface area contributed by atoms with E-state index in [9.17, 15) is 4.79 Å². The number of rotatable bonds is 9.